The molecular weight excluding hydrogens is 222 g/mol. The maximum absolute atomic E-state index is 11.7. The van der Waals surface area contributed by atoms with E-state index in [0.717, 1.165) is 0 Å². The van der Waals surface area contributed by atoms with Crippen molar-refractivity contribution < 1.29 is 14.7 Å². The predicted molar refractivity (Wildman–Crippen MR) is 59.9 cm³/mol. The van der Waals surface area contributed by atoms with Crippen molar-refractivity contribution in [2.75, 3.05) is 5.32 Å². The number of amides is 1. The van der Waals surface area contributed by atoms with Gasteiger partial charge in [-0.05, 0) is 24.3 Å². The van der Waals surface area contributed by atoms with Crippen LogP contribution in [0.1, 0.15) is 20.8 Å². The molecule has 0 saturated heterocycles. The standard InChI is InChI=1S/C11H9N3O3/c15-10(14-9-2-1-5-12-9)7-3-4-8(11(16)17)13-6-7/h1-6,12H,(H,14,15)(H,16,17). The molecule has 0 aromatic carbocycles. The third-order valence-corrected chi connectivity index (χ3v) is 2.09. The molecular formula is C11H9N3O3. The van der Waals surface area contributed by atoms with Gasteiger partial charge in [0, 0.05) is 12.4 Å². The third kappa shape index (κ3) is 2.49. The number of carbonyl (C=O) groups is 2. The summed E-state index contributed by atoms with van der Waals surface area (Å²) in [6.07, 6.45) is 2.91. The van der Waals surface area contributed by atoms with Gasteiger partial charge in [-0.3, -0.25) is 4.79 Å². The lowest BCUT2D eigenvalue weighted by molar-refractivity contribution is 0.0690. The molecule has 0 radical (unpaired) electrons. The van der Waals surface area contributed by atoms with Crippen LogP contribution in [0.25, 0.3) is 0 Å². The van der Waals surface area contributed by atoms with Gasteiger partial charge in [0.05, 0.1) is 5.56 Å². The molecule has 0 unspecified atom stereocenters. The Morgan fingerprint density at radius 1 is 1.29 bits per heavy atom. The molecule has 0 fully saturated rings. The molecule has 2 rings (SSSR count). The average molecular weight is 231 g/mol. The van der Waals surface area contributed by atoms with Crippen LogP contribution in [0.4, 0.5) is 5.82 Å². The van der Waals surface area contributed by atoms with E-state index in [1.807, 2.05) is 0 Å². The van der Waals surface area contributed by atoms with Crippen molar-refractivity contribution in [1.29, 1.82) is 0 Å². The first-order chi connectivity index (χ1) is 8.16. The summed E-state index contributed by atoms with van der Waals surface area (Å²) in [5, 5.41) is 11.3. The van der Waals surface area contributed by atoms with Gasteiger partial charge >= 0.3 is 5.97 Å². The maximum Gasteiger partial charge on any atom is 0.354 e. The van der Waals surface area contributed by atoms with E-state index in [-0.39, 0.29) is 11.6 Å². The number of hydrogen-bond donors (Lipinski definition) is 3. The Bertz CT molecular complexity index is 532. The van der Waals surface area contributed by atoms with Crippen LogP contribution in [-0.2, 0) is 0 Å². The summed E-state index contributed by atoms with van der Waals surface area (Å²) in [5.41, 5.74) is 0.200. The van der Waals surface area contributed by atoms with Crippen LogP contribution in [0.2, 0.25) is 0 Å². The normalized spacial score (nSPS) is 9.88. The number of aromatic nitrogens is 2. The summed E-state index contributed by atoms with van der Waals surface area (Å²) in [5.74, 6) is -0.907. The highest BCUT2D eigenvalue weighted by molar-refractivity contribution is 6.03. The molecule has 0 aliphatic rings. The summed E-state index contributed by atoms with van der Waals surface area (Å²) in [6, 6.07) is 6.15. The monoisotopic (exact) mass is 231 g/mol. The minimum Gasteiger partial charge on any atom is -0.477 e. The Hall–Kier alpha value is -2.63. The van der Waals surface area contributed by atoms with Gasteiger partial charge in [0.2, 0.25) is 0 Å². The first-order valence-electron chi connectivity index (χ1n) is 4.81. The van der Waals surface area contributed by atoms with Crippen LogP contribution < -0.4 is 5.32 Å². The van der Waals surface area contributed by atoms with Gasteiger partial charge in [-0.25, -0.2) is 9.78 Å². The van der Waals surface area contributed by atoms with E-state index in [2.05, 4.69) is 15.3 Å². The van der Waals surface area contributed by atoms with Crippen molar-refractivity contribution in [3.63, 3.8) is 0 Å². The lowest BCUT2D eigenvalue weighted by Gasteiger charge is -2.02. The Morgan fingerprint density at radius 3 is 2.65 bits per heavy atom. The Kier molecular flexibility index (Phi) is 2.87. The minimum absolute atomic E-state index is 0.0959. The van der Waals surface area contributed by atoms with Crippen LogP contribution in [0.3, 0.4) is 0 Å². The van der Waals surface area contributed by atoms with E-state index >= 15 is 0 Å². The number of carboxylic acid groups (broad SMARTS) is 1. The van der Waals surface area contributed by atoms with Gasteiger partial charge in [0.1, 0.15) is 11.5 Å². The van der Waals surface area contributed by atoms with Crippen LogP contribution in [0, 0.1) is 0 Å². The molecule has 17 heavy (non-hydrogen) atoms. The van der Waals surface area contributed by atoms with Gasteiger partial charge in [-0.15, -0.1) is 0 Å². The van der Waals surface area contributed by atoms with Gasteiger partial charge in [-0.2, -0.15) is 0 Å². The number of pyridine rings is 1. The third-order valence-electron chi connectivity index (χ3n) is 2.09. The summed E-state index contributed by atoms with van der Waals surface area (Å²) in [6.45, 7) is 0. The second-order valence-corrected chi connectivity index (χ2v) is 3.28. The van der Waals surface area contributed by atoms with Crippen molar-refractivity contribution in [2.24, 2.45) is 0 Å². The molecule has 6 nitrogen and oxygen atoms in total. The zero-order valence-electron chi connectivity index (χ0n) is 8.68. The quantitative estimate of drug-likeness (QED) is 0.743. The molecule has 0 aliphatic carbocycles. The molecule has 0 aliphatic heterocycles. The van der Waals surface area contributed by atoms with Crippen molar-refractivity contribution in [3.8, 4) is 0 Å². The second kappa shape index (κ2) is 4.48. The fraction of sp³-hybridized carbons (Fsp3) is 0. The second-order valence-electron chi connectivity index (χ2n) is 3.28. The van der Waals surface area contributed by atoms with Crippen LogP contribution in [0.15, 0.2) is 36.7 Å². The molecule has 6 heteroatoms. The number of aromatic amines is 1. The minimum atomic E-state index is -1.12. The van der Waals surface area contributed by atoms with Crippen molar-refractivity contribution in [1.82, 2.24) is 9.97 Å². The van der Waals surface area contributed by atoms with E-state index in [0.29, 0.717) is 11.4 Å². The number of rotatable bonds is 3. The lowest BCUT2D eigenvalue weighted by Crippen LogP contribution is -2.13. The van der Waals surface area contributed by atoms with E-state index < -0.39 is 5.97 Å². The Labute approximate surface area is 96.3 Å². The zero-order valence-corrected chi connectivity index (χ0v) is 8.68. The molecule has 0 spiro atoms. The molecule has 0 saturated carbocycles. The van der Waals surface area contributed by atoms with Crippen molar-refractivity contribution >= 4 is 17.7 Å². The van der Waals surface area contributed by atoms with E-state index in [9.17, 15) is 9.59 Å². The average Bonchev–Trinajstić information content (AvgIpc) is 2.82. The van der Waals surface area contributed by atoms with Crippen LogP contribution >= 0.6 is 0 Å². The number of hydrogen-bond acceptors (Lipinski definition) is 3. The summed E-state index contributed by atoms with van der Waals surface area (Å²) in [4.78, 5) is 28.7. The van der Waals surface area contributed by atoms with Crippen molar-refractivity contribution in [2.45, 2.75) is 0 Å². The van der Waals surface area contributed by atoms with Gasteiger partial charge in [0.25, 0.3) is 5.91 Å². The van der Waals surface area contributed by atoms with Crippen LogP contribution in [0.5, 0.6) is 0 Å². The molecule has 2 aromatic rings. The molecule has 86 valence electrons. The van der Waals surface area contributed by atoms with E-state index in [4.69, 9.17) is 5.11 Å². The number of carboxylic acids is 1. The van der Waals surface area contributed by atoms with Crippen LogP contribution in [-0.4, -0.2) is 27.0 Å². The molecule has 2 heterocycles. The fourth-order valence-corrected chi connectivity index (χ4v) is 1.26. The summed E-state index contributed by atoms with van der Waals surface area (Å²) in [7, 11) is 0. The molecule has 3 N–H and O–H groups in total. The highest BCUT2D eigenvalue weighted by Gasteiger charge is 2.09. The topological polar surface area (TPSA) is 95.1 Å². The Balaban J connectivity index is 2.12. The molecule has 1 amide bonds. The summed E-state index contributed by atoms with van der Waals surface area (Å²) < 4.78 is 0. The van der Waals surface area contributed by atoms with Gasteiger partial charge < -0.3 is 15.4 Å². The highest BCUT2D eigenvalue weighted by atomic mass is 16.4. The Morgan fingerprint density at radius 2 is 2.12 bits per heavy atom. The smallest absolute Gasteiger partial charge is 0.354 e. The number of nitrogens with one attached hydrogen (secondary N) is 2. The first kappa shape index (κ1) is 10.9. The molecule has 0 bridgehead atoms. The highest BCUT2D eigenvalue weighted by Crippen LogP contribution is 2.06. The number of aromatic carboxylic acids is 1. The zero-order chi connectivity index (χ0) is 12.3. The first-order valence-corrected chi connectivity index (χ1v) is 4.81. The van der Waals surface area contributed by atoms with Crippen molar-refractivity contribution in [3.05, 3.63) is 47.9 Å². The lowest BCUT2D eigenvalue weighted by atomic mass is 10.2. The predicted octanol–water partition coefficient (Wildman–Crippen LogP) is 1.36. The SMILES string of the molecule is O=C(Nc1ccc[nH]1)c1ccc(C(=O)O)nc1. The summed E-state index contributed by atoms with van der Waals surface area (Å²) >= 11 is 0. The number of nitrogens with zero attached hydrogens (tertiary/aromatic N) is 1. The van der Waals surface area contributed by atoms with E-state index in [1.165, 1.54) is 18.3 Å². The maximum atomic E-state index is 11.7. The van der Waals surface area contributed by atoms with E-state index in [1.54, 1.807) is 18.3 Å². The van der Waals surface area contributed by atoms with Gasteiger partial charge in [0.15, 0.2) is 0 Å². The number of anilines is 1. The fourth-order valence-electron chi connectivity index (χ4n) is 1.26. The molecule has 0 atom stereocenters. The van der Waals surface area contributed by atoms with Gasteiger partial charge in [-0.1, -0.05) is 0 Å². The largest absolute Gasteiger partial charge is 0.477 e. The number of carbonyl (C=O) groups excluding carboxylic acids is 1. The number of H-pyrrole nitrogens is 1. The molecule has 2 aromatic heterocycles.